The molecule has 1 atom stereocenters. The number of nitrogens with one attached hydrogen (secondary N) is 1. The van der Waals surface area contributed by atoms with Gasteiger partial charge in [-0.3, -0.25) is 9.59 Å². The van der Waals surface area contributed by atoms with Gasteiger partial charge in [-0.05, 0) is 24.5 Å². The van der Waals surface area contributed by atoms with Gasteiger partial charge in [0.05, 0.1) is 5.92 Å². The number of benzene rings is 1. The third-order valence-corrected chi connectivity index (χ3v) is 3.88. The zero-order chi connectivity index (χ0) is 15.0. The van der Waals surface area contributed by atoms with Gasteiger partial charge >= 0.3 is 5.97 Å². The van der Waals surface area contributed by atoms with Gasteiger partial charge in [0.25, 0.3) is 0 Å². The van der Waals surface area contributed by atoms with Crippen LogP contribution < -0.4 is 5.32 Å². The Morgan fingerprint density at radius 2 is 2.05 bits per heavy atom. The van der Waals surface area contributed by atoms with E-state index < -0.39 is 11.9 Å². The molecular formula is C15H20BrNO3. The summed E-state index contributed by atoms with van der Waals surface area (Å²) in [5, 5.41) is 11.7. The molecule has 5 heteroatoms. The predicted octanol–water partition coefficient (Wildman–Crippen LogP) is 3.00. The molecule has 0 aliphatic carbocycles. The number of hydrogen-bond acceptors (Lipinski definition) is 2. The van der Waals surface area contributed by atoms with Crippen LogP contribution in [0.2, 0.25) is 0 Å². The first-order chi connectivity index (χ1) is 9.54. The van der Waals surface area contributed by atoms with E-state index >= 15 is 0 Å². The zero-order valence-corrected chi connectivity index (χ0v) is 13.1. The Hall–Kier alpha value is -1.36. The average molecular weight is 342 g/mol. The summed E-state index contributed by atoms with van der Waals surface area (Å²) in [5.74, 6) is -1.45. The van der Waals surface area contributed by atoms with Crippen molar-refractivity contribution >= 4 is 27.8 Å². The first kappa shape index (κ1) is 16.7. The molecule has 2 N–H and O–H groups in total. The molecule has 0 aliphatic rings. The van der Waals surface area contributed by atoms with Crippen LogP contribution in [0, 0.1) is 5.92 Å². The van der Waals surface area contributed by atoms with E-state index in [2.05, 4.69) is 21.2 Å². The highest BCUT2D eigenvalue weighted by Gasteiger charge is 2.17. The van der Waals surface area contributed by atoms with Crippen LogP contribution in [-0.2, 0) is 16.0 Å². The van der Waals surface area contributed by atoms with Crippen molar-refractivity contribution in [2.24, 2.45) is 5.92 Å². The number of carboxylic acids is 1. The fraction of sp³-hybridized carbons (Fsp3) is 0.467. The first-order valence-corrected chi connectivity index (χ1v) is 7.56. The SMILES string of the molecule is CCCC(CNC(=O)CCc1ccccc1Br)C(=O)O. The maximum atomic E-state index is 11.7. The van der Waals surface area contributed by atoms with Gasteiger partial charge in [-0.25, -0.2) is 0 Å². The van der Waals surface area contributed by atoms with Crippen molar-refractivity contribution in [1.29, 1.82) is 0 Å². The van der Waals surface area contributed by atoms with Crippen molar-refractivity contribution in [3.8, 4) is 0 Å². The second-order valence-electron chi connectivity index (χ2n) is 4.72. The molecular weight excluding hydrogens is 322 g/mol. The lowest BCUT2D eigenvalue weighted by Gasteiger charge is -2.12. The second kappa shape index (κ2) is 8.74. The quantitative estimate of drug-likeness (QED) is 0.763. The molecule has 0 heterocycles. The Bertz CT molecular complexity index is 462. The number of amides is 1. The molecule has 1 aromatic carbocycles. The zero-order valence-electron chi connectivity index (χ0n) is 11.6. The van der Waals surface area contributed by atoms with Crippen molar-refractivity contribution in [3.63, 3.8) is 0 Å². The fourth-order valence-corrected chi connectivity index (χ4v) is 2.42. The topological polar surface area (TPSA) is 66.4 Å². The average Bonchev–Trinajstić information content (AvgIpc) is 2.42. The van der Waals surface area contributed by atoms with Gasteiger partial charge in [0, 0.05) is 17.4 Å². The third kappa shape index (κ3) is 5.74. The molecule has 0 saturated heterocycles. The molecule has 1 unspecified atom stereocenters. The van der Waals surface area contributed by atoms with Crippen molar-refractivity contribution in [2.75, 3.05) is 6.54 Å². The smallest absolute Gasteiger partial charge is 0.308 e. The predicted molar refractivity (Wildman–Crippen MR) is 81.5 cm³/mol. The Kier molecular flexibility index (Phi) is 7.30. The van der Waals surface area contributed by atoms with E-state index in [1.165, 1.54) is 0 Å². The van der Waals surface area contributed by atoms with Crippen molar-refractivity contribution in [1.82, 2.24) is 5.32 Å². The Labute approximate surface area is 127 Å². The van der Waals surface area contributed by atoms with Gasteiger partial charge in [0.2, 0.25) is 5.91 Å². The summed E-state index contributed by atoms with van der Waals surface area (Å²) in [6.07, 6.45) is 2.38. The maximum Gasteiger partial charge on any atom is 0.308 e. The van der Waals surface area contributed by atoms with Crippen LogP contribution >= 0.6 is 15.9 Å². The van der Waals surface area contributed by atoms with Gasteiger partial charge in [0.1, 0.15) is 0 Å². The molecule has 0 aromatic heterocycles. The van der Waals surface area contributed by atoms with Gasteiger partial charge in [-0.2, -0.15) is 0 Å². The second-order valence-corrected chi connectivity index (χ2v) is 5.57. The Morgan fingerprint density at radius 3 is 2.65 bits per heavy atom. The van der Waals surface area contributed by atoms with Gasteiger partial charge in [-0.15, -0.1) is 0 Å². The summed E-state index contributed by atoms with van der Waals surface area (Å²) >= 11 is 3.44. The molecule has 20 heavy (non-hydrogen) atoms. The lowest BCUT2D eigenvalue weighted by Crippen LogP contribution is -2.33. The van der Waals surface area contributed by atoms with E-state index in [1.807, 2.05) is 31.2 Å². The number of carbonyl (C=O) groups is 2. The van der Waals surface area contributed by atoms with Crippen LogP contribution in [0.4, 0.5) is 0 Å². The Balaban J connectivity index is 2.37. The minimum absolute atomic E-state index is 0.108. The molecule has 0 radical (unpaired) electrons. The van der Waals surface area contributed by atoms with Crippen molar-refractivity contribution in [2.45, 2.75) is 32.6 Å². The largest absolute Gasteiger partial charge is 0.481 e. The minimum atomic E-state index is -0.849. The summed E-state index contributed by atoms with van der Waals surface area (Å²) in [6.45, 7) is 2.14. The van der Waals surface area contributed by atoms with Crippen molar-refractivity contribution in [3.05, 3.63) is 34.3 Å². The molecule has 0 aliphatic heterocycles. The maximum absolute atomic E-state index is 11.7. The highest BCUT2D eigenvalue weighted by atomic mass is 79.9. The van der Waals surface area contributed by atoms with E-state index in [1.54, 1.807) is 0 Å². The standard InChI is InChI=1S/C15H20BrNO3/c1-2-5-12(15(19)20)10-17-14(18)9-8-11-6-3-4-7-13(11)16/h3-4,6-7,12H,2,5,8-10H2,1H3,(H,17,18)(H,19,20). The van der Waals surface area contributed by atoms with Crippen LogP contribution in [0.1, 0.15) is 31.7 Å². The lowest BCUT2D eigenvalue weighted by molar-refractivity contribution is -0.141. The van der Waals surface area contributed by atoms with E-state index in [4.69, 9.17) is 5.11 Å². The summed E-state index contributed by atoms with van der Waals surface area (Å²) in [5.41, 5.74) is 1.07. The first-order valence-electron chi connectivity index (χ1n) is 6.77. The summed E-state index contributed by atoms with van der Waals surface area (Å²) in [6, 6.07) is 7.76. The fourth-order valence-electron chi connectivity index (χ4n) is 1.94. The molecule has 0 bridgehead atoms. The molecule has 0 spiro atoms. The van der Waals surface area contributed by atoms with Crippen LogP contribution in [0.5, 0.6) is 0 Å². The van der Waals surface area contributed by atoms with E-state index in [9.17, 15) is 9.59 Å². The molecule has 1 amide bonds. The number of aliphatic carboxylic acids is 1. The highest BCUT2D eigenvalue weighted by molar-refractivity contribution is 9.10. The number of hydrogen-bond donors (Lipinski definition) is 2. The highest BCUT2D eigenvalue weighted by Crippen LogP contribution is 2.17. The number of rotatable bonds is 8. The third-order valence-electron chi connectivity index (χ3n) is 3.11. The molecule has 1 aromatic rings. The van der Waals surface area contributed by atoms with Crippen molar-refractivity contribution < 1.29 is 14.7 Å². The molecule has 4 nitrogen and oxygen atoms in total. The summed E-state index contributed by atoms with van der Waals surface area (Å²) in [7, 11) is 0. The minimum Gasteiger partial charge on any atom is -0.481 e. The number of aryl methyl sites for hydroxylation is 1. The van der Waals surface area contributed by atoms with E-state index in [-0.39, 0.29) is 12.5 Å². The molecule has 0 saturated carbocycles. The molecule has 1 rings (SSSR count). The van der Waals surface area contributed by atoms with E-state index in [0.717, 1.165) is 16.5 Å². The Morgan fingerprint density at radius 1 is 1.35 bits per heavy atom. The van der Waals surface area contributed by atoms with Gasteiger partial charge in [-0.1, -0.05) is 47.5 Å². The lowest BCUT2D eigenvalue weighted by atomic mass is 10.0. The summed E-state index contributed by atoms with van der Waals surface area (Å²) in [4.78, 5) is 22.7. The van der Waals surface area contributed by atoms with Crippen LogP contribution in [0.15, 0.2) is 28.7 Å². The van der Waals surface area contributed by atoms with E-state index in [0.29, 0.717) is 19.3 Å². The number of carbonyl (C=O) groups excluding carboxylic acids is 1. The van der Waals surface area contributed by atoms with Gasteiger partial charge < -0.3 is 10.4 Å². The van der Waals surface area contributed by atoms with Crippen LogP contribution in [-0.4, -0.2) is 23.5 Å². The summed E-state index contributed by atoms with van der Waals surface area (Å²) < 4.78 is 0.988. The van der Waals surface area contributed by atoms with Crippen LogP contribution in [0.3, 0.4) is 0 Å². The van der Waals surface area contributed by atoms with Crippen LogP contribution in [0.25, 0.3) is 0 Å². The van der Waals surface area contributed by atoms with Gasteiger partial charge in [0.15, 0.2) is 0 Å². The number of halogens is 1. The molecule has 0 fully saturated rings. The monoisotopic (exact) mass is 341 g/mol. The molecule has 110 valence electrons. The normalized spacial score (nSPS) is 11.9. The number of carboxylic acid groups (broad SMARTS) is 1.